The highest BCUT2D eigenvalue weighted by Gasteiger charge is 2.43. The van der Waals surface area contributed by atoms with Crippen LogP contribution in [0.2, 0.25) is 0 Å². The number of piperidine rings is 1. The van der Waals surface area contributed by atoms with Crippen LogP contribution in [0.25, 0.3) is 0 Å². The summed E-state index contributed by atoms with van der Waals surface area (Å²) in [6, 6.07) is 15.8. The van der Waals surface area contributed by atoms with Crippen LogP contribution in [0.15, 0.2) is 58.4 Å². The largest absolute Gasteiger partial charge is 0.368 e. The van der Waals surface area contributed by atoms with Crippen molar-refractivity contribution in [3.8, 4) is 0 Å². The third-order valence-electron chi connectivity index (χ3n) is 6.64. The molecular formula is C25H35ClN4O2S. The minimum atomic E-state index is -3.49. The third-order valence-corrected chi connectivity index (χ3v) is 8.55. The van der Waals surface area contributed by atoms with E-state index in [1.165, 1.54) is 11.1 Å². The van der Waals surface area contributed by atoms with Crippen LogP contribution in [-0.4, -0.2) is 50.3 Å². The monoisotopic (exact) mass is 490 g/mol. The average Bonchev–Trinajstić information content (AvgIpc) is 2.80. The first-order valence-corrected chi connectivity index (χ1v) is 12.9. The van der Waals surface area contributed by atoms with Gasteiger partial charge in [-0.25, -0.2) is 8.42 Å². The summed E-state index contributed by atoms with van der Waals surface area (Å²) in [5.41, 5.74) is 3.32. The lowest BCUT2D eigenvalue weighted by molar-refractivity contribution is 0.241. The molecular weight excluding hydrogens is 456 g/mol. The highest BCUT2D eigenvalue weighted by Crippen LogP contribution is 2.29. The van der Waals surface area contributed by atoms with Crippen molar-refractivity contribution in [1.29, 1.82) is 0 Å². The van der Waals surface area contributed by atoms with Crippen LogP contribution in [0.1, 0.15) is 49.3 Å². The van der Waals surface area contributed by atoms with E-state index in [2.05, 4.69) is 55.7 Å². The number of nitrogens with one attached hydrogen (secondary N) is 2. The zero-order chi connectivity index (χ0) is 22.8. The number of hydrogen-bond donors (Lipinski definition) is 2. The van der Waals surface area contributed by atoms with Crippen molar-refractivity contribution in [1.82, 2.24) is 14.9 Å². The third kappa shape index (κ3) is 5.60. The molecule has 0 bridgehead atoms. The van der Waals surface area contributed by atoms with Gasteiger partial charge < -0.3 is 10.6 Å². The van der Waals surface area contributed by atoms with Gasteiger partial charge in [0, 0.05) is 26.2 Å². The normalized spacial score (nSPS) is 18.6. The van der Waals surface area contributed by atoms with Gasteiger partial charge >= 0.3 is 0 Å². The molecule has 6 nitrogen and oxygen atoms in total. The number of benzene rings is 2. The Morgan fingerprint density at radius 2 is 1.70 bits per heavy atom. The van der Waals surface area contributed by atoms with Crippen LogP contribution in [-0.2, 0) is 16.6 Å². The number of aliphatic imine (C=N–C) groups is 1. The molecule has 2 N–H and O–H groups in total. The van der Waals surface area contributed by atoms with Crippen LogP contribution in [0.3, 0.4) is 0 Å². The van der Waals surface area contributed by atoms with E-state index in [1.54, 1.807) is 16.4 Å². The Hall–Kier alpha value is -1.93. The van der Waals surface area contributed by atoms with E-state index >= 15 is 0 Å². The first-order valence-electron chi connectivity index (χ1n) is 11.5. The Bertz CT molecular complexity index is 1060. The Morgan fingerprint density at radius 1 is 1.06 bits per heavy atom. The van der Waals surface area contributed by atoms with Crippen molar-refractivity contribution in [3.05, 3.63) is 65.2 Å². The smallest absolute Gasteiger partial charge is 0.243 e. The molecule has 2 heterocycles. The molecule has 33 heavy (non-hydrogen) atoms. The molecule has 2 aromatic carbocycles. The number of hydrogen-bond acceptors (Lipinski definition) is 5. The molecule has 1 saturated heterocycles. The van der Waals surface area contributed by atoms with Gasteiger partial charge in [-0.1, -0.05) is 55.8 Å². The maximum Gasteiger partial charge on any atom is 0.243 e. The van der Waals surface area contributed by atoms with E-state index in [9.17, 15) is 8.42 Å². The second-order valence-corrected chi connectivity index (χ2v) is 11.1. The van der Waals surface area contributed by atoms with E-state index in [4.69, 9.17) is 4.99 Å². The number of aryl methyl sites for hydroxylation is 1. The van der Waals surface area contributed by atoms with E-state index in [0.717, 1.165) is 24.5 Å². The molecule has 4 rings (SSSR count). The quantitative estimate of drug-likeness (QED) is 0.667. The molecule has 8 heteroatoms. The fourth-order valence-corrected chi connectivity index (χ4v) is 5.95. The summed E-state index contributed by atoms with van der Waals surface area (Å²) in [5, 5.41) is 7.19. The van der Waals surface area contributed by atoms with Gasteiger partial charge in [0.1, 0.15) is 5.84 Å². The minimum absolute atomic E-state index is 0. The van der Waals surface area contributed by atoms with E-state index in [0.29, 0.717) is 43.3 Å². The summed E-state index contributed by atoms with van der Waals surface area (Å²) in [5.74, 6) is 1.34. The molecule has 0 aliphatic carbocycles. The maximum absolute atomic E-state index is 13.2. The van der Waals surface area contributed by atoms with Crippen LogP contribution in [0.4, 0.5) is 0 Å². The van der Waals surface area contributed by atoms with Crippen LogP contribution >= 0.6 is 12.4 Å². The highest BCUT2D eigenvalue weighted by atomic mass is 35.5. The fourth-order valence-electron chi connectivity index (χ4n) is 4.51. The fraction of sp³-hybridized carbons (Fsp3) is 0.480. The number of nitrogens with zero attached hydrogens (tertiary/aromatic N) is 2. The van der Waals surface area contributed by atoms with Gasteiger partial charge in [-0.3, -0.25) is 4.99 Å². The number of halogens is 1. The molecule has 2 aliphatic heterocycles. The second-order valence-electron chi connectivity index (χ2n) is 9.21. The first kappa shape index (κ1) is 25.7. The Balaban J connectivity index is 0.00000306. The highest BCUT2D eigenvalue weighted by molar-refractivity contribution is 7.89. The summed E-state index contributed by atoms with van der Waals surface area (Å²) < 4.78 is 28.1. The van der Waals surface area contributed by atoms with Crippen molar-refractivity contribution in [2.45, 2.75) is 56.5 Å². The van der Waals surface area contributed by atoms with E-state index < -0.39 is 10.0 Å². The van der Waals surface area contributed by atoms with Crippen LogP contribution < -0.4 is 10.6 Å². The van der Waals surface area contributed by atoms with Gasteiger partial charge in [0.2, 0.25) is 10.0 Å². The van der Waals surface area contributed by atoms with Crippen molar-refractivity contribution < 1.29 is 8.42 Å². The number of amidine groups is 1. The molecule has 0 aromatic heterocycles. The Morgan fingerprint density at radius 3 is 2.30 bits per heavy atom. The van der Waals surface area contributed by atoms with E-state index in [-0.39, 0.29) is 17.9 Å². The second kappa shape index (κ2) is 10.6. The van der Waals surface area contributed by atoms with Crippen molar-refractivity contribution in [2.75, 3.05) is 26.2 Å². The molecule has 180 valence electrons. The van der Waals surface area contributed by atoms with Gasteiger partial charge in [0.05, 0.1) is 17.0 Å². The molecule has 0 atom stereocenters. The zero-order valence-corrected chi connectivity index (χ0v) is 21.3. The molecule has 1 fully saturated rings. The van der Waals surface area contributed by atoms with Crippen molar-refractivity contribution in [2.24, 2.45) is 4.99 Å². The lowest BCUT2D eigenvalue weighted by atomic mass is 9.85. The molecule has 1 spiro atoms. The summed E-state index contributed by atoms with van der Waals surface area (Å²) in [6.07, 6.45) is 1.41. The summed E-state index contributed by atoms with van der Waals surface area (Å²) in [4.78, 5) is 5.16. The van der Waals surface area contributed by atoms with Gasteiger partial charge in [-0.2, -0.15) is 4.31 Å². The van der Waals surface area contributed by atoms with Gasteiger partial charge in [-0.15, -0.1) is 12.4 Å². The first-order chi connectivity index (χ1) is 15.3. The Kier molecular flexibility index (Phi) is 8.22. The lowest BCUT2D eigenvalue weighted by Crippen LogP contribution is -2.64. The molecule has 2 aromatic rings. The van der Waals surface area contributed by atoms with Crippen LogP contribution in [0, 0.1) is 6.92 Å². The zero-order valence-electron chi connectivity index (χ0n) is 19.7. The maximum atomic E-state index is 13.2. The average molecular weight is 491 g/mol. The number of sulfonamides is 1. The van der Waals surface area contributed by atoms with Crippen molar-refractivity contribution in [3.63, 3.8) is 0 Å². The molecule has 0 radical (unpaired) electrons. The van der Waals surface area contributed by atoms with E-state index in [1.807, 2.05) is 12.1 Å². The molecule has 2 aliphatic rings. The standard InChI is InChI=1S/C25H34N4O2S.ClH/c1-19(2)22-8-10-23(11-9-22)32(30,31)29-16-12-25(13-17-29)24(26-14-15-28-25)27-18-21-6-4-20(3)5-7-21;/h4-11,19,28H,12-18H2,1-3H3,(H,26,27);1H. The summed E-state index contributed by atoms with van der Waals surface area (Å²) in [6.45, 7) is 9.53. The van der Waals surface area contributed by atoms with Gasteiger partial charge in [0.15, 0.2) is 0 Å². The molecule has 0 unspecified atom stereocenters. The topological polar surface area (TPSA) is 73.8 Å². The molecule has 0 amide bonds. The summed E-state index contributed by atoms with van der Waals surface area (Å²) in [7, 11) is -3.49. The van der Waals surface area contributed by atoms with Crippen LogP contribution in [0.5, 0.6) is 0 Å². The minimum Gasteiger partial charge on any atom is -0.368 e. The lowest BCUT2D eigenvalue weighted by Gasteiger charge is -2.44. The SMILES string of the molecule is Cc1ccc(CNC2=NCCNC23CCN(S(=O)(=O)c2ccc(C(C)C)cc2)CC3)cc1.Cl. The van der Waals surface area contributed by atoms with Crippen molar-refractivity contribution >= 4 is 28.3 Å². The van der Waals surface area contributed by atoms with Gasteiger partial charge in [0.25, 0.3) is 0 Å². The predicted molar refractivity (Wildman–Crippen MR) is 137 cm³/mol. The summed E-state index contributed by atoms with van der Waals surface area (Å²) >= 11 is 0. The number of rotatable bonds is 5. The molecule has 0 saturated carbocycles. The predicted octanol–water partition coefficient (Wildman–Crippen LogP) is 3.86. The Labute approximate surface area is 204 Å². The van der Waals surface area contributed by atoms with Gasteiger partial charge in [-0.05, 0) is 48.9 Å².